The maximum atomic E-state index is 11.9. The van der Waals surface area contributed by atoms with Gasteiger partial charge in [-0.05, 0) is 24.1 Å². The molecular formula is C13H16N2O4. The van der Waals surface area contributed by atoms with Gasteiger partial charge in [-0.1, -0.05) is 13.8 Å². The molecular weight excluding hydrogens is 248 g/mol. The minimum absolute atomic E-state index is 0.00522. The average Bonchev–Trinajstić information content (AvgIpc) is 2.40. The number of fused-ring (bicyclic) bond motifs is 1. The van der Waals surface area contributed by atoms with E-state index in [1.165, 1.54) is 6.07 Å². The van der Waals surface area contributed by atoms with Crippen LogP contribution in [0.15, 0.2) is 18.2 Å². The highest BCUT2D eigenvalue weighted by Gasteiger charge is 2.26. The van der Waals surface area contributed by atoms with Gasteiger partial charge in [-0.3, -0.25) is 14.8 Å². The number of amides is 2. The molecule has 0 bridgehead atoms. The quantitative estimate of drug-likeness (QED) is 0.635. The number of hydrogen-bond donors (Lipinski definition) is 2. The highest BCUT2D eigenvalue weighted by molar-refractivity contribution is 6.01. The summed E-state index contributed by atoms with van der Waals surface area (Å²) in [5.74, 6) is 0.105. The van der Waals surface area contributed by atoms with Gasteiger partial charge in [0.1, 0.15) is 5.75 Å². The third-order valence-electron chi connectivity index (χ3n) is 2.81. The second kappa shape index (κ2) is 5.27. The molecule has 0 atom stereocenters. The van der Waals surface area contributed by atoms with Crippen LogP contribution in [0.2, 0.25) is 0 Å². The third-order valence-corrected chi connectivity index (χ3v) is 2.81. The number of hydrogen-bond acceptors (Lipinski definition) is 4. The van der Waals surface area contributed by atoms with E-state index in [4.69, 9.17) is 9.94 Å². The molecule has 6 nitrogen and oxygen atoms in total. The molecule has 2 amide bonds. The first-order chi connectivity index (χ1) is 9.02. The minimum Gasteiger partial charge on any atom is -0.482 e. The van der Waals surface area contributed by atoms with Crippen molar-refractivity contribution in [3.8, 4) is 5.75 Å². The molecule has 0 aliphatic carbocycles. The lowest BCUT2D eigenvalue weighted by Gasteiger charge is -2.30. The van der Waals surface area contributed by atoms with E-state index in [1.807, 2.05) is 13.8 Å². The van der Waals surface area contributed by atoms with Gasteiger partial charge in [0.25, 0.3) is 11.8 Å². The number of ether oxygens (including phenoxy) is 1. The Bertz CT molecular complexity index is 513. The molecule has 102 valence electrons. The molecule has 1 aliphatic rings. The predicted octanol–water partition coefficient (Wildman–Crippen LogP) is 1.19. The molecule has 19 heavy (non-hydrogen) atoms. The molecule has 6 heteroatoms. The Morgan fingerprint density at radius 3 is 2.89 bits per heavy atom. The van der Waals surface area contributed by atoms with Gasteiger partial charge in [-0.25, -0.2) is 5.48 Å². The van der Waals surface area contributed by atoms with Gasteiger partial charge in [0.05, 0.1) is 5.69 Å². The number of carbonyl (C=O) groups is 2. The van der Waals surface area contributed by atoms with Gasteiger partial charge in [0.2, 0.25) is 0 Å². The fourth-order valence-electron chi connectivity index (χ4n) is 1.97. The van der Waals surface area contributed by atoms with Crippen molar-refractivity contribution in [2.75, 3.05) is 18.1 Å². The van der Waals surface area contributed by atoms with Crippen molar-refractivity contribution >= 4 is 17.5 Å². The van der Waals surface area contributed by atoms with Crippen LogP contribution in [0.25, 0.3) is 0 Å². The molecule has 0 unspecified atom stereocenters. The van der Waals surface area contributed by atoms with Crippen molar-refractivity contribution < 1.29 is 19.5 Å². The van der Waals surface area contributed by atoms with Crippen LogP contribution in [0.5, 0.6) is 5.75 Å². The molecule has 2 rings (SSSR count). The summed E-state index contributed by atoms with van der Waals surface area (Å²) in [5, 5.41) is 8.64. The zero-order chi connectivity index (χ0) is 14.0. The summed E-state index contributed by atoms with van der Waals surface area (Å²) in [6.07, 6.45) is 0. The van der Waals surface area contributed by atoms with Crippen molar-refractivity contribution in [1.82, 2.24) is 5.48 Å². The van der Waals surface area contributed by atoms with Crippen LogP contribution in [-0.4, -0.2) is 30.2 Å². The average molecular weight is 264 g/mol. The van der Waals surface area contributed by atoms with Crippen LogP contribution in [0.1, 0.15) is 24.2 Å². The second-order valence-corrected chi connectivity index (χ2v) is 4.81. The number of benzene rings is 1. The Labute approximate surface area is 110 Å². The topological polar surface area (TPSA) is 78.9 Å². The van der Waals surface area contributed by atoms with Gasteiger partial charge in [0, 0.05) is 12.1 Å². The zero-order valence-corrected chi connectivity index (χ0v) is 10.8. The molecule has 0 saturated carbocycles. The van der Waals surface area contributed by atoms with Crippen LogP contribution < -0.4 is 15.1 Å². The first-order valence-electron chi connectivity index (χ1n) is 6.04. The molecule has 0 aromatic heterocycles. The molecule has 2 N–H and O–H groups in total. The lowest BCUT2D eigenvalue weighted by atomic mass is 10.1. The normalized spacial score (nSPS) is 14.1. The van der Waals surface area contributed by atoms with E-state index in [-0.39, 0.29) is 18.1 Å². The summed E-state index contributed by atoms with van der Waals surface area (Å²) in [4.78, 5) is 24.9. The first-order valence-corrected chi connectivity index (χ1v) is 6.04. The highest BCUT2D eigenvalue weighted by atomic mass is 16.5. The summed E-state index contributed by atoms with van der Waals surface area (Å²) in [5.41, 5.74) is 2.40. The van der Waals surface area contributed by atoms with Crippen LogP contribution in [0.4, 0.5) is 5.69 Å². The number of rotatable bonds is 3. The van der Waals surface area contributed by atoms with Crippen molar-refractivity contribution in [2.45, 2.75) is 13.8 Å². The molecule has 0 saturated heterocycles. The minimum atomic E-state index is -0.620. The summed E-state index contributed by atoms with van der Waals surface area (Å²) in [6.45, 7) is 4.57. The maximum Gasteiger partial charge on any atom is 0.274 e. The highest BCUT2D eigenvalue weighted by Crippen LogP contribution is 2.33. The third kappa shape index (κ3) is 2.68. The number of nitrogens with zero attached hydrogens (tertiary/aromatic N) is 1. The van der Waals surface area contributed by atoms with E-state index < -0.39 is 5.91 Å². The Hall–Kier alpha value is -2.08. The molecule has 0 radical (unpaired) electrons. The van der Waals surface area contributed by atoms with Crippen LogP contribution >= 0.6 is 0 Å². The number of nitrogens with one attached hydrogen (secondary N) is 1. The molecule has 1 aliphatic heterocycles. The Morgan fingerprint density at radius 2 is 2.26 bits per heavy atom. The summed E-state index contributed by atoms with van der Waals surface area (Å²) >= 11 is 0. The van der Waals surface area contributed by atoms with Crippen LogP contribution in [0, 0.1) is 5.92 Å². The van der Waals surface area contributed by atoms with E-state index in [9.17, 15) is 9.59 Å². The van der Waals surface area contributed by atoms with Crippen molar-refractivity contribution in [2.24, 2.45) is 5.92 Å². The Kier molecular flexibility index (Phi) is 3.71. The predicted molar refractivity (Wildman–Crippen MR) is 68.4 cm³/mol. The molecule has 1 aromatic rings. The first kappa shape index (κ1) is 13.4. The largest absolute Gasteiger partial charge is 0.482 e. The maximum absolute atomic E-state index is 11.9. The Balaban J connectivity index is 2.40. The summed E-state index contributed by atoms with van der Waals surface area (Å²) < 4.78 is 5.33. The Morgan fingerprint density at radius 1 is 1.53 bits per heavy atom. The molecule has 1 heterocycles. The van der Waals surface area contributed by atoms with E-state index in [2.05, 4.69) is 0 Å². The van der Waals surface area contributed by atoms with Crippen molar-refractivity contribution in [3.05, 3.63) is 23.8 Å². The van der Waals surface area contributed by atoms with E-state index in [0.717, 1.165) is 0 Å². The zero-order valence-electron chi connectivity index (χ0n) is 10.8. The number of carbonyl (C=O) groups excluding carboxylic acids is 2. The fraction of sp³-hybridized carbons (Fsp3) is 0.385. The van der Waals surface area contributed by atoms with Gasteiger partial charge < -0.3 is 9.64 Å². The van der Waals surface area contributed by atoms with Gasteiger partial charge >= 0.3 is 0 Å². The number of anilines is 1. The van der Waals surface area contributed by atoms with Crippen molar-refractivity contribution in [3.63, 3.8) is 0 Å². The molecule has 0 fully saturated rings. The monoisotopic (exact) mass is 264 g/mol. The second-order valence-electron chi connectivity index (χ2n) is 4.81. The lowest BCUT2D eigenvalue weighted by Crippen LogP contribution is -2.41. The van der Waals surface area contributed by atoms with E-state index in [1.54, 1.807) is 22.5 Å². The van der Waals surface area contributed by atoms with E-state index >= 15 is 0 Å². The SMILES string of the molecule is CC(C)CN1C(=O)COc2ccc(C(=O)NO)cc21. The summed E-state index contributed by atoms with van der Waals surface area (Å²) in [7, 11) is 0. The van der Waals surface area contributed by atoms with Crippen LogP contribution in [0.3, 0.4) is 0 Å². The van der Waals surface area contributed by atoms with Gasteiger partial charge in [-0.15, -0.1) is 0 Å². The lowest BCUT2D eigenvalue weighted by molar-refractivity contribution is -0.121. The van der Waals surface area contributed by atoms with Crippen LogP contribution in [-0.2, 0) is 4.79 Å². The van der Waals surface area contributed by atoms with Gasteiger partial charge in [0.15, 0.2) is 6.61 Å². The standard InChI is InChI=1S/C13H16N2O4/c1-8(2)6-15-10-5-9(13(17)14-18)3-4-11(10)19-7-12(15)16/h3-5,8,18H,6-7H2,1-2H3,(H,14,17). The van der Waals surface area contributed by atoms with Crippen molar-refractivity contribution in [1.29, 1.82) is 0 Å². The number of hydroxylamine groups is 1. The summed E-state index contributed by atoms with van der Waals surface area (Å²) in [6, 6.07) is 4.70. The fourth-order valence-corrected chi connectivity index (χ4v) is 1.97. The molecule has 0 spiro atoms. The van der Waals surface area contributed by atoms with Gasteiger partial charge in [-0.2, -0.15) is 0 Å². The molecule has 1 aromatic carbocycles. The van der Waals surface area contributed by atoms with E-state index in [0.29, 0.717) is 23.9 Å². The smallest absolute Gasteiger partial charge is 0.274 e.